The summed E-state index contributed by atoms with van der Waals surface area (Å²) in [4.78, 5) is 0. The largest absolute Gasteiger partial charge is 0.447 e. The van der Waals surface area contributed by atoms with Crippen LogP contribution in [0.25, 0.3) is 0 Å². The molecule has 2 heteroatoms. The molecule has 1 aromatic heterocycles. The number of benzene rings is 1. The molecule has 0 aliphatic carbocycles. The highest BCUT2D eigenvalue weighted by molar-refractivity contribution is 5.39. The van der Waals surface area contributed by atoms with Crippen LogP contribution in [0.5, 0.6) is 0 Å². The quantitative estimate of drug-likeness (QED) is 0.581. The fourth-order valence-corrected chi connectivity index (χ4v) is 1.65. The van der Waals surface area contributed by atoms with Crippen LogP contribution in [-0.4, -0.2) is 25.6 Å². The van der Waals surface area contributed by atoms with E-state index in [1.54, 1.807) is 0 Å². The van der Waals surface area contributed by atoms with Crippen molar-refractivity contribution in [2.24, 2.45) is 0 Å². The maximum absolute atomic E-state index is 5.69. The summed E-state index contributed by atoms with van der Waals surface area (Å²) in [5.41, 5.74) is 1.00. The minimum absolute atomic E-state index is 0.724. The van der Waals surface area contributed by atoms with Crippen molar-refractivity contribution in [2.75, 3.05) is 21.1 Å². The van der Waals surface area contributed by atoms with Crippen molar-refractivity contribution in [3.63, 3.8) is 0 Å². The molecule has 0 aliphatic heterocycles. The third kappa shape index (κ3) is 3.80. The van der Waals surface area contributed by atoms with E-state index >= 15 is 0 Å². The Labute approximate surface area is 108 Å². The molecular weight excluding hydrogens is 222 g/mol. The van der Waals surface area contributed by atoms with Crippen molar-refractivity contribution in [1.29, 1.82) is 0 Å². The molecule has 0 bridgehead atoms. The summed E-state index contributed by atoms with van der Waals surface area (Å²) in [7, 11) is 6.41. The van der Waals surface area contributed by atoms with Crippen molar-refractivity contribution < 1.29 is 8.90 Å². The Morgan fingerprint density at radius 2 is 1.67 bits per heavy atom. The lowest BCUT2D eigenvalue weighted by Crippen LogP contribution is -2.33. The zero-order chi connectivity index (χ0) is 13.0. The first-order chi connectivity index (χ1) is 8.53. The molecule has 0 aliphatic rings. The number of hydrogen-bond acceptors (Lipinski definition) is 1. The Kier molecular flexibility index (Phi) is 3.55. The molecular formula is C16H18NO+. The Morgan fingerprint density at radius 3 is 2.33 bits per heavy atom. The van der Waals surface area contributed by atoms with Crippen LogP contribution in [-0.2, 0) is 6.54 Å². The second-order valence-corrected chi connectivity index (χ2v) is 5.33. The van der Waals surface area contributed by atoms with E-state index in [1.165, 1.54) is 0 Å². The van der Waals surface area contributed by atoms with Gasteiger partial charge in [-0.05, 0) is 30.2 Å². The molecule has 0 saturated carbocycles. The summed E-state index contributed by atoms with van der Waals surface area (Å²) in [5.74, 6) is 7.83. The van der Waals surface area contributed by atoms with Gasteiger partial charge in [0, 0.05) is 5.56 Å². The lowest BCUT2D eigenvalue weighted by Gasteiger charge is -2.22. The molecule has 0 radical (unpaired) electrons. The number of furan rings is 1. The van der Waals surface area contributed by atoms with Gasteiger partial charge in [-0.15, -0.1) is 0 Å². The van der Waals surface area contributed by atoms with Crippen LogP contribution in [0, 0.1) is 11.8 Å². The molecule has 1 aromatic carbocycles. The number of nitrogens with zero attached hydrogens (tertiary/aromatic N) is 1. The molecule has 0 atom stereocenters. The van der Waals surface area contributed by atoms with Crippen LogP contribution in [0.4, 0.5) is 0 Å². The van der Waals surface area contributed by atoms with Gasteiger partial charge in [0.25, 0.3) is 0 Å². The summed E-state index contributed by atoms with van der Waals surface area (Å²) in [6.07, 6.45) is 0. The molecule has 0 amide bonds. The number of hydrogen-bond donors (Lipinski definition) is 0. The lowest BCUT2D eigenvalue weighted by molar-refractivity contribution is -0.884. The van der Waals surface area contributed by atoms with E-state index in [-0.39, 0.29) is 0 Å². The molecule has 1 heterocycles. The van der Waals surface area contributed by atoms with Crippen LogP contribution in [0.1, 0.15) is 17.1 Å². The summed E-state index contributed by atoms with van der Waals surface area (Å²) in [6.45, 7) is 0.868. The second kappa shape index (κ2) is 5.12. The summed E-state index contributed by atoms with van der Waals surface area (Å²) in [6, 6.07) is 13.9. The van der Waals surface area contributed by atoms with E-state index in [1.807, 2.05) is 42.5 Å². The number of quaternary nitrogens is 1. The lowest BCUT2D eigenvalue weighted by atomic mass is 10.2. The van der Waals surface area contributed by atoms with Crippen molar-refractivity contribution in [1.82, 2.24) is 0 Å². The third-order valence-corrected chi connectivity index (χ3v) is 2.40. The van der Waals surface area contributed by atoms with Gasteiger partial charge in [-0.3, -0.25) is 0 Å². The predicted molar refractivity (Wildman–Crippen MR) is 72.9 cm³/mol. The van der Waals surface area contributed by atoms with E-state index in [0.717, 1.165) is 28.1 Å². The van der Waals surface area contributed by atoms with E-state index in [4.69, 9.17) is 4.42 Å². The molecule has 0 saturated heterocycles. The molecule has 18 heavy (non-hydrogen) atoms. The predicted octanol–water partition coefficient (Wildman–Crippen LogP) is 2.89. The van der Waals surface area contributed by atoms with E-state index in [9.17, 15) is 0 Å². The summed E-state index contributed by atoms with van der Waals surface area (Å²) in [5, 5.41) is 0. The van der Waals surface area contributed by atoms with Crippen molar-refractivity contribution in [3.8, 4) is 11.8 Å². The van der Waals surface area contributed by atoms with Crippen LogP contribution >= 0.6 is 0 Å². The molecule has 2 aromatic rings. The van der Waals surface area contributed by atoms with Crippen molar-refractivity contribution in [3.05, 3.63) is 59.5 Å². The first kappa shape index (κ1) is 12.5. The molecule has 92 valence electrons. The van der Waals surface area contributed by atoms with Crippen LogP contribution in [0.2, 0.25) is 0 Å². The van der Waals surface area contributed by atoms with Crippen LogP contribution < -0.4 is 0 Å². The van der Waals surface area contributed by atoms with E-state index in [0.29, 0.717) is 0 Å². The number of rotatable bonds is 2. The van der Waals surface area contributed by atoms with Gasteiger partial charge in [0.05, 0.1) is 21.1 Å². The van der Waals surface area contributed by atoms with Crippen molar-refractivity contribution >= 4 is 0 Å². The average Bonchev–Trinajstić information content (AvgIpc) is 2.73. The first-order valence-corrected chi connectivity index (χ1v) is 5.99. The maximum atomic E-state index is 5.69. The highest BCUT2D eigenvalue weighted by atomic mass is 16.3. The van der Waals surface area contributed by atoms with Crippen LogP contribution in [0.15, 0.2) is 46.9 Å². The van der Waals surface area contributed by atoms with Gasteiger partial charge in [-0.2, -0.15) is 0 Å². The van der Waals surface area contributed by atoms with Gasteiger partial charge < -0.3 is 8.90 Å². The molecule has 2 nitrogen and oxygen atoms in total. The molecule has 2 rings (SSSR count). The minimum atomic E-state index is 0.724. The molecule has 0 N–H and O–H groups in total. The van der Waals surface area contributed by atoms with Gasteiger partial charge in [-0.25, -0.2) is 0 Å². The third-order valence-electron chi connectivity index (χ3n) is 2.40. The monoisotopic (exact) mass is 240 g/mol. The fraction of sp³-hybridized carbons (Fsp3) is 0.250. The minimum Gasteiger partial charge on any atom is -0.447 e. The topological polar surface area (TPSA) is 13.1 Å². The smallest absolute Gasteiger partial charge is 0.177 e. The van der Waals surface area contributed by atoms with Gasteiger partial charge in [0.2, 0.25) is 0 Å². The molecule has 0 unspecified atom stereocenters. The highest BCUT2D eigenvalue weighted by Gasteiger charge is 2.11. The Hall–Kier alpha value is -1.98. The Morgan fingerprint density at radius 1 is 0.944 bits per heavy atom. The van der Waals surface area contributed by atoms with Crippen molar-refractivity contribution in [2.45, 2.75) is 6.54 Å². The Balaban J connectivity index is 2.10. The van der Waals surface area contributed by atoms with Gasteiger partial charge >= 0.3 is 0 Å². The Bertz CT molecular complexity index is 564. The zero-order valence-electron chi connectivity index (χ0n) is 11.1. The average molecular weight is 240 g/mol. The standard InChI is InChI=1S/C16H18NO/c1-17(2,3)13-16-12-11-15(18-16)10-9-14-7-5-4-6-8-14/h4-8,11-12H,13H2,1-3H3/q+1. The maximum Gasteiger partial charge on any atom is 0.177 e. The van der Waals surface area contributed by atoms with Crippen LogP contribution in [0.3, 0.4) is 0 Å². The van der Waals surface area contributed by atoms with E-state index < -0.39 is 0 Å². The highest BCUT2D eigenvalue weighted by Crippen LogP contribution is 2.11. The van der Waals surface area contributed by atoms with E-state index in [2.05, 4.69) is 33.0 Å². The summed E-state index contributed by atoms with van der Waals surface area (Å²) < 4.78 is 6.54. The first-order valence-electron chi connectivity index (χ1n) is 5.99. The normalized spacial score (nSPS) is 10.8. The molecule has 0 fully saturated rings. The summed E-state index contributed by atoms with van der Waals surface area (Å²) >= 11 is 0. The molecule has 0 spiro atoms. The van der Waals surface area contributed by atoms with Gasteiger partial charge in [0.1, 0.15) is 6.54 Å². The second-order valence-electron chi connectivity index (χ2n) is 5.33. The fourth-order valence-electron chi connectivity index (χ4n) is 1.65. The van der Waals surface area contributed by atoms with Gasteiger partial charge in [0.15, 0.2) is 11.5 Å². The SMILES string of the molecule is C[N+](C)(C)Cc1ccc(C#Cc2ccccc2)o1. The van der Waals surface area contributed by atoms with Gasteiger partial charge in [-0.1, -0.05) is 24.1 Å². The zero-order valence-corrected chi connectivity index (χ0v) is 11.1.